The fourth-order valence-corrected chi connectivity index (χ4v) is 2.21. The van der Waals surface area contributed by atoms with E-state index in [1.54, 1.807) is 6.07 Å². The summed E-state index contributed by atoms with van der Waals surface area (Å²) >= 11 is 0. The van der Waals surface area contributed by atoms with Crippen molar-refractivity contribution in [1.29, 1.82) is 0 Å². The normalized spacial score (nSPS) is 10.5. The number of halogens is 2. The second kappa shape index (κ2) is 9.54. The maximum atomic E-state index is 12.2. The SMILES string of the molecule is COc1cc(C(=O)NNC(=O)c2ccc(OC(F)F)cc2)ccc1OC(C)C. The van der Waals surface area contributed by atoms with Gasteiger partial charge in [0.1, 0.15) is 5.75 Å². The average molecular weight is 394 g/mol. The van der Waals surface area contributed by atoms with Crippen molar-refractivity contribution in [3.05, 3.63) is 53.6 Å². The van der Waals surface area contributed by atoms with Gasteiger partial charge in [0, 0.05) is 11.1 Å². The fraction of sp³-hybridized carbons (Fsp3) is 0.263. The molecule has 9 heteroatoms. The summed E-state index contributed by atoms with van der Waals surface area (Å²) in [6, 6.07) is 9.63. The highest BCUT2D eigenvalue weighted by Crippen LogP contribution is 2.28. The molecule has 0 saturated carbocycles. The Hall–Kier alpha value is -3.36. The number of rotatable bonds is 7. The molecule has 0 unspecified atom stereocenters. The van der Waals surface area contributed by atoms with E-state index in [1.807, 2.05) is 13.8 Å². The predicted octanol–water partition coefficient (Wildman–Crippen LogP) is 3.16. The Bertz CT molecular complexity index is 826. The molecule has 0 aliphatic heterocycles. The molecule has 28 heavy (non-hydrogen) atoms. The predicted molar refractivity (Wildman–Crippen MR) is 96.8 cm³/mol. The second-order valence-electron chi connectivity index (χ2n) is 5.84. The Morgan fingerprint density at radius 1 is 0.857 bits per heavy atom. The van der Waals surface area contributed by atoms with Crippen LogP contribution in [-0.4, -0.2) is 31.6 Å². The van der Waals surface area contributed by atoms with Gasteiger partial charge in [0.2, 0.25) is 0 Å². The number of carbonyl (C=O) groups is 2. The van der Waals surface area contributed by atoms with Crippen molar-refractivity contribution < 1.29 is 32.6 Å². The Morgan fingerprint density at radius 2 is 1.43 bits per heavy atom. The first-order valence-corrected chi connectivity index (χ1v) is 8.30. The summed E-state index contributed by atoms with van der Waals surface area (Å²) in [6.07, 6.45) is -0.0645. The van der Waals surface area contributed by atoms with Crippen LogP contribution in [0, 0.1) is 0 Å². The van der Waals surface area contributed by atoms with E-state index in [0.29, 0.717) is 11.5 Å². The highest BCUT2D eigenvalue weighted by Gasteiger charge is 2.14. The van der Waals surface area contributed by atoms with E-state index < -0.39 is 18.4 Å². The molecule has 7 nitrogen and oxygen atoms in total. The lowest BCUT2D eigenvalue weighted by atomic mass is 10.2. The van der Waals surface area contributed by atoms with Crippen LogP contribution in [0.4, 0.5) is 8.78 Å². The van der Waals surface area contributed by atoms with Crippen LogP contribution in [0.1, 0.15) is 34.6 Å². The van der Waals surface area contributed by atoms with Crippen molar-refractivity contribution >= 4 is 11.8 Å². The zero-order valence-corrected chi connectivity index (χ0v) is 15.5. The highest BCUT2D eigenvalue weighted by molar-refractivity contribution is 5.99. The number of nitrogens with one attached hydrogen (secondary N) is 2. The van der Waals surface area contributed by atoms with Crippen molar-refractivity contribution in [1.82, 2.24) is 10.9 Å². The quantitative estimate of drug-likeness (QED) is 0.705. The van der Waals surface area contributed by atoms with E-state index in [4.69, 9.17) is 9.47 Å². The van der Waals surface area contributed by atoms with Crippen LogP contribution in [-0.2, 0) is 0 Å². The van der Waals surface area contributed by atoms with Gasteiger partial charge in [0.15, 0.2) is 11.5 Å². The van der Waals surface area contributed by atoms with Crippen molar-refractivity contribution in [3.63, 3.8) is 0 Å². The summed E-state index contributed by atoms with van der Waals surface area (Å²) in [7, 11) is 1.45. The molecule has 2 aromatic rings. The topological polar surface area (TPSA) is 85.9 Å². The van der Waals surface area contributed by atoms with Crippen molar-refractivity contribution in [2.75, 3.05) is 7.11 Å². The number of amides is 2. The molecular formula is C19H20F2N2O5. The van der Waals surface area contributed by atoms with E-state index >= 15 is 0 Å². The van der Waals surface area contributed by atoms with Gasteiger partial charge in [0.25, 0.3) is 11.8 Å². The number of ether oxygens (including phenoxy) is 3. The van der Waals surface area contributed by atoms with Crippen LogP contribution in [0.2, 0.25) is 0 Å². The molecule has 2 aromatic carbocycles. The molecule has 0 radical (unpaired) electrons. The number of hydrogen-bond donors (Lipinski definition) is 2. The second-order valence-corrected chi connectivity index (χ2v) is 5.84. The molecule has 0 aliphatic rings. The molecule has 2 N–H and O–H groups in total. The highest BCUT2D eigenvalue weighted by atomic mass is 19.3. The summed E-state index contributed by atoms with van der Waals surface area (Å²) in [5.74, 6) is -0.401. The van der Waals surface area contributed by atoms with Gasteiger partial charge in [-0.2, -0.15) is 8.78 Å². The number of hydrogen-bond acceptors (Lipinski definition) is 5. The lowest BCUT2D eigenvalue weighted by molar-refractivity contribution is -0.0498. The van der Waals surface area contributed by atoms with E-state index in [2.05, 4.69) is 15.6 Å². The summed E-state index contributed by atoms with van der Waals surface area (Å²) < 4.78 is 39.2. The molecule has 0 fully saturated rings. The summed E-state index contributed by atoms with van der Waals surface area (Å²) in [6.45, 7) is 0.775. The number of methoxy groups -OCH3 is 1. The molecule has 0 aliphatic carbocycles. The maximum absolute atomic E-state index is 12.2. The molecule has 0 atom stereocenters. The van der Waals surface area contributed by atoms with Gasteiger partial charge in [-0.3, -0.25) is 20.4 Å². The largest absolute Gasteiger partial charge is 0.493 e. The third-order valence-corrected chi connectivity index (χ3v) is 3.42. The lowest BCUT2D eigenvalue weighted by Gasteiger charge is -2.14. The van der Waals surface area contributed by atoms with Gasteiger partial charge in [-0.1, -0.05) is 0 Å². The first-order chi connectivity index (χ1) is 13.3. The fourth-order valence-electron chi connectivity index (χ4n) is 2.21. The summed E-state index contributed by atoms with van der Waals surface area (Å²) in [5, 5.41) is 0. The Morgan fingerprint density at radius 3 is 1.96 bits per heavy atom. The Labute approximate surface area is 160 Å². The van der Waals surface area contributed by atoms with Crippen LogP contribution in [0.5, 0.6) is 17.2 Å². The molecule has 0 bridgehead atoms. The number of benzene rings is 2. The summed E-state index contributed by atoms with van der Waals surface area (Å²) in [4.78, 5) is 24.3. The van der Waals surface area contributed by atoms with Gasteiger partial charge in [0.05, 0.1) is 13.2 Å². The van der Waals surface area contributed by atoms with Gasteiger partial charge >= 0.3 is 6.61 Å². The van der Waals surface area contributed by atoms with Crippen molar-refractivity contribution in [2.45, 2.75) is 26.6 Å². The number of hydrazine groups is 1. The van der Waals surface area contributed by atoms with E-state index in [0.717, 1.165) is 0 Å². The van der Waals surface area contributed by atoms with E-state index in [9.17, 15) is 18.4 Å². The third kappa shape index (κ3) is 5.83. The molecule has 2 amide bonds. The zero-order valence-electron chi connectivity index (χ0n) is 15.5. The smallest absolute Gasteiger partial charge is 0.387 e. The minimum atomic E-state index is -2.95. The van der Waals surface area contributed by atoms with Crippen molar-refractivity contribution in [3.8, 4) is 17.2 Å². The Kier molecular flexibility index (Phi) is 7.14. The summed E-state index contributed by atoms with van der Waals surface area (Å²) in [5.41, 5.74) is 4.91. The average Bonchev–Trinajstić information content (AvgIpc) is 2.65. The van der Waals surface area contributed by atoms with Gasteiger partial charge < -0.3 is 14.2 Å². The van der Waals surface area contributed by atoms with Gasteiger partial charge in [-0.05, 0) is 56.3 Å². The van der Waals surface area contributed by atoms with E-state index in [-0.39, 0.29) is 23.0 Å². The van der Waals surface area contributed by atoms with Gasteiger partial charge in [-0.15, -0.1) is 0 Å². The van der Waals surface area contributed by atoms with Crippen LogP contribution in [0.25, 0.3) is 0 Å². The van der Waals surface area contributed by atoms with Crippen LogP contribution < -0.4 is 25.1 Å². The van der Waals surface area contributed by atoms with Crippen LogP contribution >= 0.6 is 0 Å². The van der Waals surface area contributed by atoms with E-state index in [1.165, 1.54) is 43.5 Å². The molecular weight excluding hydrogens is 374 g/mol. The number of alkyl halides is 2. The third-order valence-electron chi connectivity index (χ3n) is 3.42. The minimum absolute atomic E-state index is 0.0645. The maximum Gasteiger partial charge on any atom is 0.387 e. The first kappa shape index (κ1) is 20.9. The van der Waals surface area contributed by atoms with Crippen molar-refractivity contribution in [2.24, 2.45) is 0 Å². The molecule has 2 rings (SSSR count). The molecule has 0 spiro atoms. The first-order valence-electron chi connectivity index (χ1n) is 8.30. The number of carbonyl (C=O) groups excluding carboxylic acids is 2. The van der Waals surface area contributed by atoms with Crippen LogP contribution in [0.15, 0.2) is 42.5 Å². The Balaban J connectivity index is 1.98. The molecule has 0 saturated heterocycles. The standard InChI is InChI=1S/C19H20F2N2O5/c1-11(2)27-15-9-6-13(10-16(15)26-3)18(25)23-22-17(24)12-4-7-14(8-5-12)28-19(20)21/h4-11,19H,1-3H3,(H,22,24)(H,23,25). The zero-order chi connectivity index (χ0) is 20.7. The minimum Gasteiger partial charge on any atom is -0.493 e. The monoisotopic (exact) mass is 394 g/mol. The molecule has 0 heterocycles. The molecule has 150 valence electrons. The molecule has 0 aromatic heterocycles. The van der Waals surface area contributed by atoms with Gasteiger partial charge in [-0.25, -0.2) is 0 Å². The lowest BCUT2D eigenvalue weighted by Crippen LogP contribution is -2.41. The van der Waals surface area contributed by atoms with Crippen LogP contribution in [0.3, 0.4) is 0 Å².